The third kappa shape index (κ3) is 10.7. The molecule has 0 fully saturated rings. The highest BCUT2D eigenvalue weighted by molar-refractivity contribution is 9.09. The van der Waals surface area contributed by atoms with E-state index < -0.39 is 0 Å². The molecule has 0 heterocycles. The Hall–Kier alpha value is -1.74. The van der Waals surface area contributed by atoms with Crippen LogP contribution in [-0.4, -0.2) is 62.9 Å². The number of hydrogen-bond donors (Lipinski definition) is 0. The molecule has 0 aliphatic heterocycles. The first kappa shape index (κ1) is 32.3. The summed E-state index contributed by atoms with van der Waals surface area (Å²) in [5, 5.41) is 0.700. The lowest BCUT2D eigenvalue weighted by molar-refractivity contribution is 0.101. The number of Topliss-reactive ketones (excluding diaryl/α,β-unsaturated/α-hetero) is 2. The number of carbonyl (C=O) groups excluding carboxylic acids is 2. The second kappa shape index (κ2) is 17.7. The predicted octanol–water partition coefficient (Wildman–Crippen LogP) is 6.59. The fraction of sp³-hybridized carbons (Fsp3) is 0.500. The second-order valence-corrected chi connectivity index (χ2v) is 9.49. The van der Waals surface area contributed by atoms with Crippen LogP contribution >= 0.6 is 31.9 Å². The van der Waals surface area contributed by atoms with Gasteiger partial charge in [0.15, 0.2) is 11.6 Å². The molecule has 0 saturated heterocycles. The quantitative estimate of drug-likeness (QED) is 0.133. The van der Waals surface area contributed by atoms with Crippen molar-refractivity contribution in [3.8, 4) is 11.5 Å². The average Bonchev–Trinajstić information content (AvgIpc) is 2.84. The van der Waals surface area contributed by atoms with Gasteiger partial charge in [-0.25, -0.2) is 0 Å². The molecule has 36 heavy (non-hydrogen) atoms. The molecule has 0 radical (unpaired) electrons. The Balaban J connectivity index is 0.000000360. The number of rotatable bonds is 14. The number of alkyl halides is 2. The highest BCUT2D eigenvalue weighted by atomic mass is 79.9. The first-order valence-corrected chi connectivity index (χ1v) is 14.1. The van der Waals surface area contributed by atoms with Gasteiger partial charge in [0, 0.05) is 51.4 Å². The molecule has 0 saturated carbocycles. The van der Waals surface area contributed by atoms with Gasteiger partial charge in [-0.3, -0.25) is 9.59 Å². The summed E-state index contributed by atoms with van der Waals surface area (Å²) in [6.45, 7) is 10.4. The molecule has 0 aliphatic rings. The molecule has 0 amide bonds. The zero-order chi connectivity index (χ0) is 27.1. The molecule has 2 aromatic carbocycles. The number of carbonyl (C=O) groups is 2. The summed E-state index contributed by atoms with van der Waals surface area (Å²) in [7, 11) is 3.35. The van der Waals surface area contributed by atoms with E-state index in [0.717, 1.165) is 57.7 Å². The minimum absolute atomic E-state index is 0.107. The first-order chi connectivity index (χ1) is 17.2. The highest BCUT2D eigenvalue weighted by Gasteiger charge is 2.13. The molecular formula is C28H38Br2O6. The Morgan fingerprint density at radius 1 is 0.611 bits per heavy atom. The van der Waals surface area contributed by atoms with E-state index in [1.807, 2.05) is 52.0 Å². The minimum atomic E-state index is 0.107. The van der Waals surface area contributed by atoms with Crippen LogP contribution in [0.4, 0.5) is 0 Å². The maximum atomic E-state index is 11.8. The van der Waals surface area contributed by atoms with Crippen LogP contribution in [0.2, 0.25) is 0 Å². The van der Waals surface area contributed by atoms with E-state index in [4.69, 9.17) is 18.9 Å². The number of halogens is 2. The first-order valence-electron chi connectivity index (χ1n) is 11.8. The van der Waals surface area contributed by atoms with Gasteiger partial charge in [-0.1, -0.05) is 31.9 Å². The van der Waals surface area contributed by atoms with Crippen molar-refractivity contribution in [2.75, 3.05) is 51.3 Å². The number of aryl methyl sites for hydroxylation is 4. The summed E-state index contributed by atoms with van der Waals surface area (Å²) < 4.78 is 21.2. The minimum Gasteiger partial charge on any atom is -0.493 e. The lowest BCUT2D eigenvalue weighted by atomic mass is 9.99. The van der Waals surface area contributed by atoms with Crippen LogP contribution in [0.15, 0.2) is 24.3 Å². The lowest BCUT2D eigenvalue weighted by Gasteiger charge is -2.12. The smallest absolute Gasteiger partial charge is 0.173 e. The van der Waals surface area contributed by atoms with E-state index >= 15 is 0 Å². The SMILES string of the molecule is COCCCOc1cc(C)c(C(=O)CBr)c(C)c1.COCCCOc1cc(C)c(C(=O)CBr)c(C)c1. The summed E-state index contributed by atoms with van der Waals surface area (Å²) in [5.74, 6) is 1.84. The summed E-state index contributed by atoms with van der Waals surface area (Å²) in [5.41, 5.74) is 5.41. The fourth-order valence-electron chi connectivity index (χ4n) is 3.81. The monoisotopic (exact) mass is 628 g/mol. The largest absolute Gasteiger partial charge is 0.493 e. The van der Waals surface area contributed by atoms with Crippen molar-refractivity contribution in [3.05, 3.63) is 57.6 Å². The van der Waals surface area contributed by atoms with Crippen molar-refractivity contribution in [2.45, 2.75) is 40.5 Å². The fourth-order valence-corrected chi connectivity index (χ4v) is 4.37. The van der Waals surface area contributed by atoms with Gasteiger partial charge in [-0.2, -0.15) is 0 Å². The van der Waals surface area contributed by atoms with Gasteiger partial charge in [0.25, 0.3) is 0 Å². The zero-order valence-corrected chi connectivity index (χ0v) is 25.3. The maximum absolute atomic E-state index is 11.8. The van der Waals surface area contributed by atoms with Crippen LogP contribution in [0.3, 0.4) is 0 Å². The molecule has 6 nitrogen and oxygen atoms in total. The van der Waals surface area contributed by atoms with Gasteiger partial charge in [0.2, 0.25) is 0 Å². The van der Waals surface area contributed by atoms with E-state index in [9.17, 15) is 9.59 Å². The van der Waals surface area contributed by atoms with E-state index in [0.29, 0.717) is 37.1 Å². The molecule has 0 bridgehead atoms. The molecule has 200 valence electrons. The van der Waals surface area contributed by atoms with Crippen molar-refractivity contribution >= 4 is 43.4 Å². The van der Waals surface area contributed by atoms with Gasteiger partial charge in [0.1, 0.15) is 11.5 Å². The molecule has 0 aliphatic carbocycles. The Labute approximate surface area is 232 Å². The van der Waals surface area contributed by atoms with E-state index in [-0.39, 0.29) is 11.6 Å². The highest BCUT2D eigenvalue weighted by Crippen LogP contribution is 2.24. The molecule has 0 atom stereocenters. The van der Waals surface area contributed by atoms with Gasteiger partial charge >= 0.3 is 0 Å². The average molecular weight is 630 g/mol. The third-order valence-corrected chi connectivity index (χ3v) is 6.35. The molecule has 0 N–H and O–H groups in total. The van der Waals surface area contributed by atoms with Crippen LogP contribution < -0.4 is 9.47 Å². The Bertz CT molecular complexity index is 864. The number of benzene rings is 2. The number of ketones is 2. The van der Waals surface area contributed by atoms with Crippen LogP contribution in [0.25, 0.3) is 0 Å². The van der Waals surface area contributed by atoms with Gasteiger partial charge in [-0.05, 0) is 74.2 Å². The summed E-state index contributed by atoms with van der Waals surface area (Å²) >= 11 is 6.41. The van der Waals surface area contributed by atoms with Gasteiger partial charge in [-0.15, -0.1) is 0 Å². The normalized spacial score (nSPS) is 10.4. The lowest BCUT2D eigenvalue weighted by Crippen LogP contribution is -2.07. The number of ether oxygens (including phenoxy) is 4. The van der Waals surface area contributed by atoms with Gasteiger partial charge < -0.3 is 18.9 Å². The van der Waals surface area contributed by atoms with Crippen molar-refractivity contribution in [1.29, 1.82) is 0 Å². The topological polar surface area (TPSA) is 71.1 Å². The Kier molecular flexibility index (Phi) is 15.8. The summed E-state index contributed by atoms with van der Waals surface area (Å²) in [4.78, 5) is 23.5. The predicted molar refractivity (Wildman–Crippen MR) is 152 cm³/mol. The number of methoxy groups -OCH3 is 2. The van der Waals surface area contributed by atoms with Crippen LogP contribution in [0, 0.1) is 27.7 Å². The maximum Gasteiger partial charge on any atom is 0.173 e. The number of hydrogen-bond acceptors (Lipinski definition) is 6. The van der Waals surface area contributed by atoms with Gasteiger partial charge in [0.05, 0.1) is 23.9 Å². The van der Waals surface area contributed by atoms with Crippen molar-refractivity contribution in [3.63, 3.8) is 0 Å². The van der Waals surface area contributed by atoms with Crippen molar-refractivity contribution in [1.82, 2.24) is 0 Å². The molecule has 2 aromatic rings. The van der Waals surface area contributed by atoms with Crippen LogP contribution in [0.1, 0.15) is 55.8 Å². The summed E-state index contributed by atoms with van der Waals surface area (Å²) in [6.07, 6.45) is 1.72. The summed E-state index contributed by atoms with van der Waals surface area (Å²) in [6, 6.07) is 7.65. The Morgan fingerprint density at radius 3 is 1.17 bits per heavy atom. The van der Waals surface area contributed by atoms with Crippen LogP contribution in [0.5, 0.6) is 11.5 Å². The molecule has 2 rings (SSSR count). The molecular weight excluding hydrogens is 592 g/mol. The molecule has 0 spiro atoms. The molecule has 8 heteroatoms. The van der Waals surface area contributed by atoms with E-state index in [1.165, 1.54) is 0 Å². The van der Waals surface area contributed by atoms with Crippen LogP contribution in [-0.2, 0) is 9.47 Å². The van der Waals surface area contributed by atoms with Crippen molar-refractivity contribution < 1.29 is 28.5 Å². The van der Waals surface area contributed by atoms with E-state index in [1.54, 1.807) is 14.2 Å². The third-order valence-electron chi connectivity index (χ3n) is 5.34. The van der Waals surface area contributed by atoms with E-state index in [2.05, 4.69) is 31.9 Å². The molecule has 0 unspecified atom stereocenters. The molecule has 0 aromatic heterocycles. The second-order valence-electron chi connectivity index (χ2n) is 8.37. The standard InChI is InChI=1S/2C14H19BrO3/c2*1-10-7-12(18-6-4-5-17-3)8-11(2)14(10)13(16)9-15/h2*7-8H,4-6,9H2,1-3H3. The Morgan fingerprint density at radius 2 is 0.917 bits per heavy atom. The zero-order valence-electron chi connectivity index (χ0n) is 22.2. The van der Waals surface area contributed by atoms with Crippen molar-refractivity contribution in [2.24, 2.45) is 0 Å².